The van der Waals surface area contributed by atoms with E-state index in [2.05, 4.69) is 0 Å². The van der Waals surface area contributed by atoms with Crippen molar-refractivity contribution >= 4 is 24.0 Å². The Morgan fingerprint density at radius 3 is 2.11 bits per heavy atom. The molecule has 1 aromatic carbocycles. The highest BCUT2D eigenvalue weighted by atomic mass is 35.5. The second-order valence-electron chi connectivity index (χ2n) is 3.30. The van der Waals surface area contributed by atoms with Gasteiger partial charge < -0.3 is 10.8 Å². The Labute approximate surface area is 110 Å². The van der Waals surface area contributed by atoms with E-state index in [1.165, 1.54) is 0 Å². The van der Waals surface area contributed by atoms with Gasteiger partial charge in [-0.2, -0.15) is 22.0 Å². The molecule has 9 heteroatoms. The average molecular weight is 312 g/mol. The monoisotopic (exact) mass is 311 g/mol. The van der Waals surface area contributed by atoms with Gasteiger partial charge >= 0.3 is 12.1 Å². The van der Waals surface area contributed by atoms with Crippen LogP contribution in [0.5, 0.6) is 5.75 Å². The molecule has 0 saturated carbocycles. The van der Waals surface area contributed by atoms with Crippen molar-refractivity contribution in [3.05, 3.63) is 28.8 Å². The second-order valence-corrected chi connectivity index (χ2v) is 3.74. The summed E-state index contributed by atoms with van der Waals surface area (Å²) in [7, 11) is 0. The summed E-state index contributed by atoms with van der Waals surface area (Å²) < 4.78 is 62.0. The van der Waals surface area contributed by atoms with Gasteiger partial charge in [-0.15, -0.1) is 12.4 Å². The van der Waals surface area contributed by atoms with Crippen molar-refractivity contribution in [1.29, 1.82) is 0 Å². The van der Waals surface area contributed by atoms with E-state index >= 15 is 0 Å². The smallest absolute Gasteiger partial charge is 0.455 e. The third-order valence-corrected chi connectivity index (χ3v) is 2.33. The van der Waals surface area contributed by atoms with E-state index in [0.29, 0.717) is 0 Å². The van der Waals surface area contributed by atoms with Crippen LogP contribution >= 0.6 is 24.0 Å². The average Bonchev–Trinajstić information content (AvgIpc) is 2.19. The van der Waals surface area contributed by atoms with Gasteiger partial charge in [0.15, 0.2) is 0 Å². The molecule has 0 aliphatic rings. The van der Waals surface area contributed by atoms with Crippen LogP contribution in [0.25, 0.3) is 0 Å². The Bertz CT molecular complexity index is 424. The fraction of sp³-hybridized carbons (Fsp3) is 0.333. The largest absolute Gasteiger partial charge is 0.508 e. The van der Waals surface area contributed by atoms with Crippen LogP contribution < -0.4 is 5.73 Å². The van der Waals surface area contributed by atoms with E-state index in [0.717, 1.165) is 18.2 Å². The predicted octanol–water partition coefficient (Wildman–Crippen LogP) is 3.66. The van der Waals surface area contributed by atoms with Crippen molar-refractivity contribution < 1.29 is 27.1 Å². The van der Waals surface area contributed by atoms with Gasteiger partial charge in [0.2, 0.25) is 0 Å². The molecule has 2 nitrogen and oxygen atoms in total. The van der Waals surface area contributed by atoms with E-state index in [1.54, 1.807) is 0 Å². The van der Waals surface area contributed by atoms with Crippen molar-refractivity contribution in [2.24, 2.45) is 5.73 Å². The fourth-order valence-electron chi connectivity index (χ4n) is 1.15. The highest BCUT2D eigenvalue weighted by molar-refractivity contribution is 6.30. The molecule has 0 saturated heterocycles. The number of aromatic hydroxyl groups is 1. The van der Waals surface area contributed by atoms with Crippen LogP contribution in [0.1, 0.15) is 11.6 Å². The predicted molar refractivity (Wildman–Crippen MR) is 58.3 cm³/mol. The third kappa shape index (κ3) is 3.15. The Kier molecular flexibility index (Phi) is 5.22. The SMILES string of the molecule is Cl.N[C@@H](c1cc(Cl)ccc1O)C(F)(F)C(F)(F)F. The minimum Gasteiger partial charge on any atom is -0.508 e. The van der Waals surface area contributed by atoms with Crippen LogP contribution in [0.3, 0.4) is 0 Å². The molecule has 1 aromatic rings. The minimum absolute atomic E-state index is 0. The quantitative estimate of drug-likeness (QED) is 0.819. The molecule has 0 unspecified atom stereocenters. The Morgan fingerprint density at radius 1 is 1.17 bits per heavy atom. The van der Waals surface area contributed by atoms with Gasteiger partial charge in [-0.05, 0) is 18.2 Å². The fourth-order valence-corrected chi connectivity index (χ4v) is 1.33. The number of nitrogens with two attached hydrogens (primary N) is 1. The zero-order valence-corrected chi connectivity index (χ0v) is 10.1. The molecule has 0 bridgehead atoms. The molecule has 3 N–H and O–H groups in total. The summed E-state index contributed by atoms with van der Waals surface area (Å²) in [6, 6.07) is 0.0746. The minimum atomic E-state index is -5.80. The van der Waals surface area contributed by atoms with Crippen LogP contribution in [0.4, 0.5) is 22.0 Å². The summed E-state index contributed by atoms with van der Waals surface area (Å²) in [5.74, 6) is -5.93. The molecule has 0 aliphatic heterocycles. The van der Waals surface area contributed by atoms with Crippen LogP contribution in [-0.2, 0) is 0 Å². The highest BCUT2D eigenvalue weighted by Gasteiger charge is 2.62. The number of halogens is 7. The van der Waals surface area contributed by atoms with Crippen molar-refractivity contribution in [3.8, 4) is 5.75 Å². The van der Waals surface area contributed by atoms with Crippen LogP contribution in [0.15, 0.2) is 18.2 Å². The molecular weight excluding hydrogens is 304 g/mol. The van der Waals surface area contributed by atoms with Gasteiger partial charge in [0.25, 0.3) is 0 Å². The van der Waals surface area contributed by atoms with E-state index in [4.69, 9.17) is 17.3 Å². The first-order valence-electron chi connectivity index (χ1n) is 4.26. The number of hydrogen-bond acceptors (Lipinski definition) is 2. The highest BCUT2D eigenvalue weighted by Crippen LogP contribution is 2.45. The summed E-state index contributed by atoms with van der Waals surface area (Å²) in [6.45, 7) is 0. The molecule has 0 aliphatic carbocycles. The molecule has 0 aromatic heterocycles. The van der Waals surface area contributed by atoms with Crippen molar-refractivity contribution in [2.75, 3.05) is 0 Å². The summed E-state index contributed by atoms with van der Waals surface area (Å²) in [5, 5.41) is 9.09. The maximum Gasteiger partial charge on any atom is 0.455 e. The summed E-state index contributed by atoms with van der Waals surface area (Å²) >= 11 is 5.43. The molecule has 0 amide bonds. The Hall–Kier alpha value is -0.790. The van der Waals surface area contributed by atoms with E-state index in [9.17, 15) is 27.1 Å². The molecule has 0 fully saturated rings. The van der Waals surface area contributed by atoms with Crippen molar-refractivity contribution in [1.82, 2.24) is 0 Å². The first kappa shape index (κ1) is 17.2. The van der Waals surface area contributed by atoms with Crippen LogP contribution in [-0.4, -0.2) is 17.2 Å². The van der Waals surface area contributed by atoms with Gasteiger partial charge in [-0.25, -0.2) is 0 Å². The second kappa shape index (κ2) is 5.46. The lowest BCUT2D eigenvalue weighted by atomic mass is 10.00. The number of benzene rings is 1. The Balaban J connectivity index is 0.00000289. The van der Waals surface area contributed by atoms with Gasteiger partial charge in [0, 0.05) is 10.6 Å². The van der Waals surface area contributed by atoms with Crippen LogP contribution in [0, 0.1) is 0 Å². The lowest BCUT2D eigenvalue weighted by molar-refractivity contribution is -0.291. The van der Waals surface area contributed by atoms with Gasteiger partial charge in [-0.3, -0.25) is 0 Å². The topological polar surface area (TPSA) is 46.2 Å². The van der Waals surface area contributed by atoms with E-state index in [1.807, 2.05) is 0 Å². The first-order chi connectivity index (χ1) is 7.57. The lowest BCUT2D eigenvalue weighted by Gasteiger charge is -2.26. The standard InChI is InChI=1S/C9H7ClF5NO.ClH/c10-4-1-2-6(17)5(3-4)7(16)8(11,12)9(13,14)15;/h1-3,7,17H,16H2;1H/t7-;/m0./s1. The number of alkyl halides is 5. The number of phenolic OH excluding ortho intramolecular Hbond substituents is 1. The maximum absolute atomic E-state index is 12.9. The number of rotatable bonds is 2. The van der Waals surface area contributed by atoms with Crippen molar-refractivity contribution in [2.45, 2.75) is 18.1 Å². The lowest BCUT2D eigenvalue weighted by Crippen LogP contribution is -2.45. The molecule has 0 heterocycles. The van der Waals surface area contributed by atoms with Gasteiger partial charge in [0.05, 0.1) is 0 Å². The van der Waals surface area contributed by atoms with E-state index < -0.39 is 29.5 Å². The molecule has 104 valence electrons. The molecule has 1 atom stereocenters. The van der Waals surface area contributed by atoms with Crippen molar-refractivity contribution in [3.63, 3.8) is 0 Å². The first-order valence-corrected chi connectivity index (χ1v) is 4.63. The summed E-state index contributed by atoms with van der Waals surface area (Å²) in [6.07, 6.45) is -5.80. The molecule has 0 radical (unpaired) electrons. The molecule has 18 heavy (non-hydrogen) atoms. The Morgan fingerprint density at radius 2 is 1.67 bits per heavy atom. The normalized spacial score (nSPS) is 13.9. The van der Waals surface area contributed by atoms with Gasteiger partial charge in [-0.1, -0.05) is 11.6 Å². The summed E-state index contributed by atoms with van der Waals surface area (Å²) in [4.78, 5) is 0. The van der Waals surface area contributed by atoms with E-state index in [-0.39, 0.29) is 17.4 Å². The summed E-state index contributed by atoms with van der Waals surface area (Å²) in [5.41, 5.74) is 4.08. The zero-order valence-electron chi connectivity index (χ0n) is 8.51. The maximum atomic E-state index is 12.9. The number of phenols is 1. The molecule has 0 spiro atoms. The third-order valence-electron chi connectivity index (χ3n) is 2.09. The van der Waals surface area contributed by atoms with Crippen LogP contribution in [0.2, 0.25) is 5.02 Å². The number of hydrogen-bond donors (Lipinski definition) is 2. The zero-order chi connectivity index (χ0) is 13.4. The molecular formula is C9H8Cl2F5NO. The van der Waals surface area contributed by atoms with Gasteiger partial charge in [0.1, 0.15) is 11.8 Å². The molecule has 1 rings (SSSR count).